The number of imidazole rings is 1. The number of alkyl halides is 3. The van der Waals surface area contributed by atoms with Crippen molar-refractivity contribution in [2.24, 2.45) is 0 Å². The third-order valence-corrected chi connectivity index (χ3v) is 3.22. The second-order valence-electron chi connectivity index (χ2n) is 4.59. The molecule has 7 heteroatoms. The molecule has 0 saturated carbocycles. The molecule has 3 N–H and O–H groups in total. The lowest BCUT2D eigenvalue weighted by molar-refractivity contribution is -0.137. The fourth-order valence-electron chi connectivity index (χ4n) is 2.07. The molecule has 0 amide bonds. The van der Waals surface area contributed by atoms with Crippen molar-refractivity contribution < 1.29 is 13.2 Å². The Hall–Kier alpha value is -2.21. The van der Waals surface area contributed by atoms with Gasteiger partial charge >= 0.3 is 6.18 Å². The molecule has 0 aliphatic carbocycles. The molecule has 0 aliphatic heterocycles. The number of anilines is 1. The Labute approximate surface area is 122 Å². The van der Waals surface area contributed by atoms with Gasteiger partial charge in [0, 0.05) is 16.3 Å². The topological polar surface area (TPSA) is 54.7 Å². The summed E-state index contributed by atoms with van der Waals surface area (Å²) in [5.41, 5.74) is 6.78. The third-order valence-electron chi connectivity index (χ3n) is 3.00. The molecule has 0 unspecified atom stereocenters. The van der Waals surface area contributed by atoms with E-state index in [1.165, 1.54) is 6.07 Å². The maximum atomic E-state index is 12.7. The van der Waals surface area contributed by atoms with Crippen molar-refractivity contribution in [1.82, 2.24) is 9.97 Å². The summed E-state index contributed by atoms with van der Waals surface area (Å²) in [7, 11) is 0. The molecule has 21 heavy (non-hydrogen) atoms. The van der Waals surface area contributed by atoms with Crippen LogP contribution < -0.4 is 5.73 Å². The van der Waals surface area contributed by atoms with Crippen LogP contribution in [0.4, 0.5) is 18.9 Å². The minimum absolute atomic E-state index is 0.304. The summed E-state index contributed by atoms with van der Waals surface area (Å²) in [5, 5.41) is 0.432. The summed E-state index contributed by atoms with van der Waals surface area (Å²) in [6.45, 7) is 0. The lowest BCUT2D eigenvalue weighted by atomic mass is 10.2. The number of hydrogen-bond acceptors (Lipinski definition) is 2. The van der Waals surface area contributed by atoms with E-state index in [0.717, 1.165) is 12.1 Å². The standard InChI is InChI=1S/C14H9ClF3N3/c15-9-3-7(4-10(19)6-9)13-20-11-2-1-8(14(16,17)18)5-12(11)21-13/h1-6H,19H2,(H,20,21). The fraction of sp³-hybridized carbons (Fsp3) is 0.0714. The minimum Gasteiger partial charge on any atom is -0.399 e. The molecule has 108 valence electrons. The van der Waals surface area contributed by atoms with Gasteiger partial charge in [-0.05, 0) is 36.4 Å². The van der Waals surface area contributed by atoms with Crippen molar-refractivity contribution in [1.29, 1.82) is 0 Å². The molecule has 3 rings (SSSR count). The van der Waals surface area contributed by atoms with Crippen molar-refractivity contribution in [3.8, 4) is 11.4 Å². The van der Waals surface area contributed by atoms with E-state index in [4.69, 9.17) is 17.3 Å². The molecule has 0 bridgehead atoms. The first-order valence-corrected chi connectivity index (χ1v) is 6.34. The van der Waals surface area contributed by atoms with Crippen LogP contribution in [0.2, 0.25) is 5.02 Å². The van der Waals surface area contributed by atoms with Gasteiger partial charge in [0.15, 0.2) is 0 Å². The number of nitrogens with zero attached hydrogens (tertiary/aromatic N) is 1. The second-order valence-corrected chi connectivity index (χ2v) is 5.02. The number of benzene rings is 2. The average Bonchev–Trinajstić information content (AvgIpc) is 2.79. The molecule has 1 heterocycles. The van der Waals surface area contributed by atoms with Crippen LogP contribution in [0.5, 0.6) is 0 Å². The van der Waals surface area contributed by atoms with E-state index >= 15 is 0 Å². The number of aromatic amines is 1. The predicted molar refractivity (Wildman–Crippen MR) is 76.0 cm³/mol. The van der Waals surface area contributed by atoms with Crippen LogP contribution in [0, 0.1) is 0 Å². The first-order valence-electron chi connectivity index (χ1n) is 5.96. The lowest BCUT2D eigenvalue weighted by Crippen LogP contribution is -2.04. The molecular weight excluding hydrogens is 303 g/mol. The highest BCUT2D eigenvalue weighted by Crippen LogP contribution is 2.32. The number of H-pyrrole nitrogens is 1. The summed E-state index contributed by atoms with van der Waals surface area (Å²) in [5.74, 6) is 0.415. The maximum Gasteiger partial charge on any atom is 0.416 e. The summed E-state index contributed by atoms with van der Waals surface area (Å²) >= 11 is 5.91. The van der Waals surface area contributed by atoms with Crippen LogP contribution in [0.15, 0.2) is 36.4 Å². The fourth-order valence-corrected chi connectivity index (χ4v) is 2.32. The number of fused-ring (bicyclic) bond motifs is 1. The maximum absolute atomic E-state index is 12.7. The van der Waals surface area contributed by atoms with Gasteiger partial charge in [-0.25, -0.2) is 4.98 Å². The van der Waals surface area contributed by atoms with Gasteiger partial charge in [-0.15, -0.1) is 0 Å². The van der Waals surface area contributed by atoms with Crippen LogP contribution in [0.25, 0.3) is 22.4 Å². The number of hydrogen-bond donors (Lipinski definition) is 2. The van der Waals surface area contributed by atoms with Crippen LogP contribution in [-0.2, 0) is 6.18 Å². The van der Waals surface area contributed by atoms with Gasteiger partial charge in [-0.2, -0.15) is 13.2 Å². The summed E-state index contributed by atoms with van der Waals surface area (Å²) in [6, 6.07) is 8.22. The monoisotopic (exact) mass is 311 g/mol. The molecule has 3 nitrogen and oxygen atoms in total. The number of halogens is 4. The number of nitrogens with two attached hydrogens (primary N) is 1. The van der Waals surface area contributed by atoms with E-state index in [-0.39, 0.29) is 0 Å². The minimum atomic E-state index is -4.39. The summed E-state index contributed by atoms with van der Waals surface area (Å²) in [4.78, 5) is 7.10. The average molecular weight is 312 g/mol. The Bertz CT molecular complexity index is 804. The molecule has 2 aromatic carbocycles. The van der Waals surface area contributed by atoms with Gasteiger partial charge in [0.25, 0.3) is 0 Å². The first kappa shape index (κ1) is 13.8. The number of aromatic nitrogens is 2. The second kappa shape index (κ2) is 4.66. The SMILES string of the molecule is Nc1cc(Cl)cc(-c2nc3ccc(C(F)(F)F)cc3[nH]2)c1. The molecule has 3 aromatic rings. The zero-order valence-corrected chi connectivity index (χ0v) is 11.3. The van der Waals surface area contributed by atoms with Crippen LogP contribution in [0.3, 0.4) is 0 Å². The van der Waals surface area contributed by atoms with Gasteiger partial charge in [-0.3, -0.25) is 0 Å². The molecule has 1 aromatic heterocycles. The van der Waals surface area contributed by atoms with E-state index < -0.39 is 11.7 Å². The summed E-state index contributed by atoms with van der Waals surface area (Å²) in [6.07, 6.45) is -4.39. The highest BCUT2D eigenvalue weighted by atomic mass is 35.5. The van der Waals surface area contributed by atoms with Crippen LogP contribution >= 0.6 is 11.6 Å². The van der Waals surface area contributed by atoms with Crippen LogP contribution in [0.1, 0.15) is 5.56 Å². The van der Waals surface area contributed by atoms with E-state index in [1.54, 1.807) is 18.2 Å². The number of nitrogen functional groups attached to an aromatic ring is 1. The van der Waals surface area contributed by atoms with E-state index in [1.807, 2.05) is 0 Å². The Morgan fingerprint density at radius 1 is 1.10 bits per heavy atom. The molecule has 0 saturated heterocycles. The zero-order chi connectivity index (χ0) is 15.2. The Morgan fingerprint density at radius 2 is 1.86 bits per heavy atom. The molecule has 0 atom stereocenters. The Kier molecular flexibility index (Phi) is 3.06. The zero-order valence-electron chi connectivity index (χ0n) is 10.5. The highest BCUT2D eigenvalue weighted by Gasteiger charge is 2.30. The van der Waals surface area contributed by atoms with E-state index in [9.17, 15) is 13.2 Å². The molecule has 0 aliphatic rings. The number of nitrogens with one attached hydrogen (secondary N) is 1. The quantitative estimate of drug-likeness (QED) is 0.651. The predicted octanol–water partition coefficient (Wildman–Crippen LogP) is 4.48. The van der Waals surface area contributed by atoms with Crippen molar-refractivity contribution in [2.45, 2.75) is 6.18 Å². The van der Waals surface area contributed by atoms with Gasteiger partial charge < -0.3 is 10.7 Å². The molecule has 0 radical (unpaired) electrons. The van der Waals surface area contributed by atoms with Gasteiger partial charge in [0.2, 0.25) is 0 Å². The normalized spacial score (nSPS) is 12.0. The number of rotatable bonds is 1. The lowest BCUT2D eigenvalue weighted by Gasteiger charge is -2.05. The molecular formula is C14H9ClF3N3. The van der Waals surface area contributed by atoms with Gasteiger partial charge in [0.1, 0.15) is 5.82 Å². The highest BCUT2D eigenvalue weighted by molar-refractivity contribution is 6.31. The largest absolute Gasteiger partial charge is 0.416 e. The third kappa shape index (κ3) is 2.67. The first-order chi connectivity index (χ1) is 9.83. The Balaban J connectivity index is 2.13. The van der Waals surface area contributed by atoms with Crippen molar-refractivity contribution >= 4 is 28.3 Å². The van der Waals surface area contributed by atoms with Crippen molar-refractivity contribution in [3.05, 3.63) is 47.0 Å². The molecule has 0 spiro atoms. The molecule has 0 fully saturated rings. The van der Waals surface area contributed by atoms with E-state index in [2.05, 4.69) is 9.97 Å². The smallest absolute Gasteiger partial charge is 0.399 e. The van der Waals surface area contributed by atoms with Crippen molar-refractivity contribution in [2.75, 3.05) is 5.73 Å². The van der Waals surface area contributed by atoms with Crippen LogP contribution in [-0.4, -0.2) is 9.97 Å². The van der Waals surface area contributed by atoms with Gasteiger partial charge in [-0.1, -0.05) is 11.6 Å². The van der Waals surface area contributed by atoms with Gasteiger partial charge in [0.05, 0.1) is 16.6 Å². The summed E-state index contributed by atoms with van der Waals surface area (Å²) < 4.78 is 38.0. The van der Waals surface area contributed by atoms with Crippen molar-refractivity contribution in [3.63, 3.8) is 0 Å². The van der Waals surface area contributed by atoms with E-state index in [0.29, 0.717) is 33.1 Å². The Morgan fingerprint density at radius 3 is 2.52 bits per heavy atom.